The van der Waals surface area contributed by atoms with Crippen LogP contribution in [0.5, 0.6) is 0 Å². The van der Waals surface area contributed by atoms with Crippen LogP contribution in [0.15, 0.2) is 43.1 Å². The standard InChI is InChI=1S/C17H20N/c1-6-7-12(2)15-8-9-16-13(3)10-11-18(5)17(16)14(15)4/h6-11H,1H2,2-5H3/q+1/b12-7-. The minimum absolute atomic E-state index is 1.26. The van der Waals surface area contributed by atoms with Crippen molar-refractivity contribution in [3.05, 3.63) is 59.8 Å². The SMILES string of the molecule is C=C/C=C(/C)c1ccc2c(C)cc[n+](C)c2c1C. The number of aromatic nitrogens is 1. The Hall–Kier alpha value is -1.89. The van der Waals surface area contributed by atoms with E-state index >= 15 is 0 Å². The molecule has 2 rings (SSSR count). The monoisotopic (exact) mass is 238 g/mol. The summed E-state index contributed by atoms with van der Waals surface area (Å²) in [5.41, 5.74) is 6.51. The number of rotatable bonds is 2. The molecule has 0 N–H and O–H groups in total. The molecule has 0 spiro atoms. The fourth-order valence-corrected chi connectivity index (χ4v) is 2.55. The highest BCUT2D eigenvalue weighted by atomic mass is 14.9. The van der Waals surface area contributed by atoms with E-state index in [1.807, 2.05) is 6.08 Å². The third kappa shape index (κ3) is 1.97. The maximum Gasteiger partial charge on any atom is 0.216 e. The van der Waals surface area contributed by atoms with Crippen molar-refractivity contribution in [2.45, 2.75) is 20.8 Å². The van der Waals surface area contributed by atoms with Gasteiger partial charge in [0.15, 0.2) is 6.20 Å². The fraction of sp³-hybridized carbons (Fsp3) is 0.235. The van der Waals surface area contributed by atoms with Gasteiger partial charge in [0, 0.05) is 17.0 Å². The number of aryl methyl sites for hydroxylation is 3. The molecule has 0 fully saturated rings. The van der Waals surface area contributed by atoms with Gasteiger partial charge in [0.2, 0.25) is 5.52 Å². The Balaban J connectivity index is 2.83. The van der Waals surface area contributed by atoms with E-state index in [1.54, 1.807) is 0 Å². The van der Waals surface area contributed by atoms with E-state index in [9.17, 15) is 0 Å². The van der Waals surface area contributed by atoms with Crippen molar-refractivity contribution >= 4 is 16.5 Å². The predicted molar refractivity (Wildman–Crippen MR) is 78.4 cm³/mol. The number of hydrogen-bond acceptors (Lipinski definition) is 0. The number of allylic oxidation sites excluding steroid dienone is 3. The van der Waals surface area contributed by atoms with Crippen molar-refractivity contribution < 1.29 is 4.57 Å². The molecule has 0 aliphatic rings. The van der Waals surface area contributed by atoms with Crippen LogP contribution in [0.2, 0.25) is 0 Å². The topological polar surface area (TPSA) is 3.88 Å². The predicted octanol–water partition coefficient (Wildman–Crippen LogP) is 3.87. The Morgan fingerprint density at radius 1 is 1.22 bits per heavy atom. The molecule has 0 radical (unpaired) electrons. The first-order chi connectivity index (χ1) is 8.56. The summed E-state index contributed by atoms with van der Waals surface area (Å²) in [5, 5.41) is 1.33. The molecule has 1 aromatic heterocycles. The van der Waals surface area contributed by atoms with Crippen molar-refractivity contribution in [3.8, 4) is 0 Å². The molecule has 2 aromatic rings. The van der Waals surface area contributed by atoms with Crippen LogP contribution in [0.1, 0.15) is 23.6 Å². The van der Waals surface area contributed by atoms with Gasteiger partial charge in [-0.05, 0) is 43.5 Å². The lowest BCUT2D eigenvalue weighted by Crippen LogP contribution is -2.29. The van der Waals surface area contributed by atoms with Gasteiger partial charge in [0.05, 0.1) is 0 Å². The average molecular weight is 238 g/mol. The third-order valence-electron chi connectivity index (χ3n) is 3.55. The molecule has 0 aliphatic heterocycles. The minimum Gasteiger partial charge on any atom is -0.201 e. The second-order valence-corrected chi connectivity index (χ2v) is 4.83. The average Bonchev–Trinajstić information content (AvgIpc) is 2.34. The summed E-state index contributed by atoms with van der Waals surface area (Å²) < 4.78 is 2.20. The van der Waals surface area contributed by atoms with Crippen LogP contribution in [-0.4, -0.2) is 0 Å². The molecule has 18 heavy (non-hydrogen) atoms. The first-order valence-corrected chi connectivity index (χ1v) is 6.24. The van der Waals surface area contributed by atoms with Crippen molar-refractivity contribution in [2.24, 2.45) is 7.05 Å². The summed E-state index contributed by atoms with van der Waals surface area (Å²) in [7, 11) is 2.10. The summed E-state index contributed by atoms with van der Waals surface area (Å²) in [4.78, 5) is 0. The van der Waals surface area contributed by atoms with E-state index in [4.69, 9.17) is 0 Å². The summed E-state index contributed by atoms with van der Waals surface area (Å²) in [6.45, 7) is 10.3. The first kappa shape index (κ1) is 12.6. The van der Waals surface area contributed by atoms with Crippen LogP contribution in [0, 0.1) is 13.8 Å². The van der Waals surface area contributed by atoms with Crippen LogP contribution in [-0.2, 0) is 7.05 Å². The Kier molecular flexibility index (Phi) is 3.33. The van der Waals surface area contributed by atoms with Gasteiger partial charge < -0.3 is 0 Å². The lowest BCUT2D eigenvalue weighted by atomic mass is 9.96. The molecule has 0 bridgehead atoms. The van der Waals surface area contributed by atoms with E-state index in [0.29, 0.717) is 0 Å². The highest BCUT2D eigenvalue weighted by Gasteiger charge is 2.14. The molecule has 1 heterocycles. The molecule has 1 heteroatoms. The van der Waals surface area contributed by atoms with Crippen LogP contribution >= 0.6 is 0 Å². The van der Waals surface area contributed by atoms with Gasteiger partial charge in [-0.25, -0.2) is 4.57 Å². The van der Waals surface area contributed by atoms with Crippen molar-refractivity contribution in [3.63, 3.8) is 0 Å². The molecule has 0 atom stereocenters. The molecule has 0 saturated carbocycles. The summed E-state index contributed by atoms with van der Waals surface area (Å²) >= 11 is 0. The van der Waals surface area contributed by atoms with Gasteiger partial charge in [0.25, 0.3) is 0 Å². The minimum atomic E-state index is 1.26. The lowest BCUT2D eigenvalue weighted by Gasteiger charge is -2.09. The maximum absolute atomic E-state index is 3.77. The second kappa shape index (κ2) is 4.77. The quantitative estimate of drug-likeness (QED) is 0.552. The first-order valence-electron chi connectivity index (χ1n) is 6.24. The molecular formula is C17H20N+. The molecule has 0 amide bonds. The number of nitrogens with zero attached hydrogens (tertiary/aromatic N) is 1. The third-order valence-corrected chi connectivity index (χ3v) is 3.55. The number of benzene rings is 1. The second-order valence-electron chi connectivity index (χ2n) is 4.83. The largest absolute Gasteiger partial charge is 0.216 e. The van der Waals surface area contributed by atoms with Gasteiger partial charge >= 0.3 is 0 Å². The Labute approximate surface area is 109 Å². The van der Waals surface area contributed by atoms with E-state index < -0.39 is 0 Å². The van der Waals surface area contributed by atoms with Crippen LogP contribution < -0.4 is 4.57 Å². The Morgan fingerprint density at radius 3 is 2.61 bits per heavy atom. The van der Waals surface area contributed by atoms with E-state index in [2.05, 4.69) is 69.4 Å². The summed E-state index contributed by atoms with van der Waals surface area (Å²) in [6.07, 6.45) is 6.03. The number of fused-ring (bicyclic) bond motifs is 1. The zero-order valence-electron chi connectivity index (χ0n) is 11.6. The van der Waals surface area contributed by atoms with Crippen LogP contribution in [0.25, 0.3) is 16.5 Å². The number of hydrogen-bond donors (Lipinski definition) is 0. The Bertz CT molecular complexity index is 648. The highest BCUT2D eigenvalue weighted by Crippen LogP contribution is 2.26. The highest BCUT2D eigenvalue weighted by molar-refractivity contribution is 5.87. The molecule has 0 aliphatic carbocycles. The van der Waals surface area contributed by atoms with Gasteiger partial charge in [-0.1, -0.05) is 24.8 Å². The molecule has 92 valence electrons. The van der Waals surface area contributed by atoms with Crippen molar-refractivity contribution in [1.82, 2.24) is 0 Å². The zero-order chi connectivity index (χ0) is 13.3. The molecule has 1 aromatic carbocycles. The molecule has 0 saturated heterocycles. The zero-order valence-corrected chi connectivity index (χ0v) is 11.6. The van der Waals surface area contributed by atoms with Crippen LogP contribution in [0.4, 0.5) is 0 Å². The smallest absolute Gasteiger partial charge is 0.201 e. The fourth-order valence-electron chi connectivity index (χ4n) is 2.55. The maximum atomic E-state index is 3.77. The molecular weight excluding hydrogens is 218 g/mol. The van der Waals surface area contributed by atoms with Gasteiger partial charge in [0.1, 0.15) is 7.05 Å². The van der Waals surface area contributed by atoms with Crippen molar-refractivity contribution in [1.29, 1.82) is 0 Å². The van der Waals surface area contributed by atoms with E-state index in [1.165, 1.54) is 33.2 Å². The Morgan fingerprint density at radius 2 is 1.94 bits per heavy atom. The van der Waals surface area contributed by atoms with Gasteiger partial charge in [-0.2, -0.15) is 0 Å². The lowest BCUT2D eigenvalue weighted by molar-refractivity contribution is -0.645. The molecule has 1 nitrogen and oxygen atoms in total. The van der Waals surface area contributed by atoms with Gasteiger partial charge in [-0.15, -0.1) is 0 Å². The molecule has 0 unspecified atom stereocenters. The van der Waals surface area contributed by atoms with E-state index in [0.717, 1.165) is 0 Å². The van der Waals surface area contributed by atoms with Crippen molar-refractivity contribution in [2.75, 3.05) is 0 Å². The normalized spacial score (nSPS) is 11.9. The van der Waals surface area contributed by atoms with E-state index in [-0.39, 0.29) is 0 Å². The van der Waals surface area contributed by atoms with Crippen LogP contribution in [0.3, 0.4) is 0 Å². The van der Waals surface area contributed by atoms with Gasteiger partial charge in [-0.3, -0.25) is 0 Å². The summed E-state index contributed by atoms with van der Waals surface area (Å²) in [5.74, 6) is 0. The number of pyridine rings is 1. The summed E-state index contributed by atoms with van der Waals surface area (Å²) in [6, 6.07) is 6.58.